The normalized spacial score (nSPS) is 16.6. The Morgan fingerprint density at radius 1 is 0.895 bits per heavy atom. The van der Waals surface area contributed by atoms with Crippen molar-refractivity contribution >= 4 is 10.8 Å². The third-order valence-corrected chi connectivity index (χ3v) is 3.85. The van der Waals surface area contributed by atoms with E-state index in [9.17, 15) is 0 Å². The number of hydrogen-bond acceptors (Lipinski definition) is 2. The Morgan fingerprint density at radius 2 is 1.68 bits per heavy atom. The smallest absolute Gasteiger partial charge is 0.120 e. The number of hydrogen-bond donors (Lipinski definition) is 0. The van der Waals surface area contributed by atoms with Crippen molar-refractivity contribution in [2.75, 3.05) is 26.2 Å². The molecular formula is C17H21NO. The van der Waals surface area contributed by atoms with Crippen LogP contribution < -0.4 is 4.74 Å². The third-order valence-electron chi connectivity index (χ3n) is 3.85. The van der Waals surface area contributed by atoms with E-state index in [-0.39, 0.29) is 0 Å². The lowest BCUT2D eigenvalue weighted by atomic mass is 10.1. The van der Waals surface area contributed by atoms with Gasteiger partial charge in [-0.25, -0.2) is 0 Å². The van der Waals surface area contributed by atoms with Crippen molar-refractivity contribution in [1.29, 1.82) is 0 Å². The number of fused-ring (bicyclic) bond motifs is 1. The van der Waals surface area contributed by atoms with E-state index in [2.05, 4.69) is 47.4 Å². The van der Waals surface area contributed by atoms with Crippen LogP contribution in [-0.2, 0) is 0 Å². The molecule has 1 aliphatic heterocycles. The van der Waals surface area contributed by atoms with Crippen LogP contribution in [0.4, 0.5) is 0 Å². The molecule has 0 bridgehead atoms. The zero-order chi connectivity index (χ0) is 12.9. The molecule has 0 N–H and O–H groups in total. The quantitative estimate of drug-likeness (QED) is 0.826. The Kier molecular flexibility index (Phi) is 3.99. The highest BCUT2D eigenvalue weighted by atomic mass is 16.5. The number of benzene rings is 2. The van der Waals surface area contributed by atoms with E-state index < -0.39 is 0 Å². The second-order valence-electron chi connectivity index (χ2n) is 5.26. The number of rotatable bonds is 4. The molecule has 0 aromatic heterocycles. The predicted molar refractivity (Wildman–Crippen MR) is 79.7 cm³/mol. The zero-order valence-electron chi connectivity index (χ0n) is 11.3. The Bertz CT molecular complexity index is 532. The fourth-order valence-electron chi connectivity index (χ4n) is 2.73. The van der Waals surface area contributed by atoms with Gasteiger partial charge in [0.15, 0.2) is 0 Å². The molecule has 19 heavy (non-hydrogen) atoms. The molecule has 0 spiro atoms. The van der Waals surface area contributed by atoms with Gasteiger partial charge < -0.3 is 4.74 Å². The Hall–Kier alpha value is -1.54. The van der Waals surface area contributed by atoms with Crippen LogP contribution in [-0.4, -0.2) is 31.1 Å². The van der Waals surface area contributed by atoms with Gasteiger partial charge in [-0.05, 0) is 48.8 Å². The predicted octanol–water partition coefficient (Wildman–Crippen LogP) is 3.70. The molecule has 0 saturated carbocycles. The molecule has 2 heteroatoms. The maximum absolute atomic E-state index is 5.88. The van der Waals surface area contributed by atoms with Crippen molar-refractivity contribution in [1.82, 2.24) is 4.90 Å². The minimum Gasteiger partial charge on any atom is -0.492 e. The molecule has 0 aliphatic carbocycles. The van der Waals surface area contributed by atoms with Crippen molar-refractivity contribution in [3.63, 3.8) is 0 Å². The fraction of sp³-hybridized carbons (Fsp3) is 0.412. The number of nitrogens with zero attached hydrogens (tertiary/aromatic N) is 1. The lowest BCUT2D eigenvalue weighted by Crippen LogP contribution is -2.33. The van der Waals surface area contributed by atoms with Gasteiger partial charge in [-0.2, -0.15) is 0 Å². The highest BCUT2D eigenvalue weighted by Crippen LogP contribution is 2.20. The zero-order valence-corrected chi connectivity index (χ0v) is 11.3. The summed E-state index contributed by atoms with van der Waals surface area (Å²) in [4.78, 5) is 2.50. The monoisotopic (exact) mass is 255 g/mol. The molecule has 1 saturated heterocycles. The van der Waals surface area contributed by atoms with Crippen LogP contribution in [0.1, 0.15) is 19.3 Å². The highest BCUT2D eigenvalue weighted by Gasteiger charge is 2.09. The van der Waals surface area contributed by atoms with Gasteiger partial charge in [0.25, 0.3) is 0 Å². The van der Waals surface area contributed by atoms with Crippen LogP contribution in [0.25, 0.3) is 10.8 Å². The van der Waals surface area contributed by atoms with Crippen molar-refractivity contribution in [3.05, 3.63) is 42.5 Å². The van der Waals surface area contributed by atoms with Crippen LogP contribution in [0.3, 0.4) is 0 Å². The molecular weight excluding hydrogens is 234 g/mol. The maximum Gasteiger partial charge on any atom is 0.120 e. The Labute approximate surface area is 115 Å². The average Bonchev–Trinajstić information content (AvgIpc) is 2.48. The van der Waals surface area contributed by atoms with E-state index in [1.165, 1.54) is 43.1 Å². The lowest BCUT2D eigenvalue weighted by Gasteiger charge is -2.26. The molecule has 3 rings (SSSR count). The standard InChI is InChI=1S/C17H21NO/c1-4-10-18(11-5-1)12-13-19-17-9-8-15-6-2-3-7-16(15)14-17/h2-3,6-9,14H,1,4-5,10-13H2. The summed E-state index contributed by atoms with van der Waals surface area (Å²) in [6.45, 7) is 4.31. The van der Waals surface area contributed by atoms with E-state index >= 15 is 0 Å². The van der Waals surface area contributed by atoms with Gasteiger partial charge in [0, 0.05) is 6.54 Å². The maximum atomic E-state index is 5.88. The first kappa shape index (κ1) is 12.5. The summed E-state index contributed by atoms with van der Waals surface area (Å²) in [6, 6.07) is 14.7. The lowest BCUT2D eigenvalue weighted by molar-refractivity contribution is 0.183. The van der Waals surface area contributed by atoms with Crippen molar-refractivity contribution in [2.24, 2.45) is 0 Å². The molecule has 0 radical (unpaired) electrons. The fourth-order valence-corrected chi connectivity index (χ4v) is 2.73. The summed E-state index contributed by atoms with van der Waals surface area (Å²) in [5, 5.41) is 2.52. The topological polar surface area (TPSA) is 12.5 Å². The van der Waals surface area contributed by atoms with Crippen LogP contribution in [0, 0.1) is 0 Å². The summed E-state index contributed by atoms with van der Waals surface area (Å²) in [6.07, 6.45) is 4.08. The second-order valence-corrected chi connectivity index (χ2v) is 5.26. The molecule has 0 atom stereocenters. The number of likely N-dealkylation sites (tertiary alicyclic amines) is 1. The minimum atomic E-state index is 0.790. The van der Waals surface area contributed by atoms with Gasteiger partial charge in [0.1, 0.15) is 12.4 Å². The minimum absolute atomic E-state index is 0.790. The van der Waals surface area contributed by atoms with Crippen LogP contribution in [0.2, 0.25) is 0 Å². The average molecular weight is 255 g/mol. The van der Waals surface area contributed by atoms with E-state index in [1.54, 1.807) is 0 Å². The number of ether oxygens (including phenoxy) is 1. The molecule has 2 aromatic rings. The van der Waals surface area contributed by atoms with Crippen molar-refractivity contribution in [3.8, 4) is 5.75 Å². The van der Waals surface area contributed by atoms with Crippen molar-refractivity contribution in [2.45, 2.75) is 19.3 Å². The SMILES string of the molecule is c1ccc2cc(OCCN3CCCCC3)ccc2c1. The van der Waals surface area contributed by atoms with Gasteiger partial charge in [0.2, 0.25) is 0 Å². The van der Waals surface area contributed by atoms with E-state index in [0.29, 0.717) is 0 Å². The third kappa shape index (κ3) is 3.27. The molecule has 2 aromatic carbocycles. The van der Waals surface area contributed by atoms with E-state index in [0.717, 1.165) is 18.9 Å². The van der Waals surface area contributed by atoms with Crippen LogP contribution >= 0.6 is 0 Å². The van der Waals surface area contributed by atoms with Crippen LogP contribution in [0.5, 0.6) is 5.75 Å². The van der Waals surface area contributed by atoms with Gasteiger partial charge in [-0.15, -0.1) is 0 Å². The second kappa shape index (κ2) is 6.07. The first-order chi connectivity index (χ1) is 9.42. The molecule has 0 unspecified atom stereocenters. The first-order valence-electron chi connectivity index (χ1n) is 7.26. The van der Waals surface area contributed by atoms with Crippen molar-refractivity contribution < 1.29 is 4.74 Å². The molecule has 1 aliphatic rings. The molecule has 100 valence electrons. The summed E-state index contributed by atoms with van der Waals surface area (Å²) in [7, 11) is 0. The summed E-state index contributed by atoms with van der Waals surface area (Å²) >= 11 is 0. The molecule has 2 nitrogen and oxygen atoms in total. The molecule has 1 heterocycles. The number of piperidine rings is 1. The first-order valence-corrected chi connectivity index (χ1v) is 7.26. The largest absolute Gasteiger partial charge is 0.492 e. The van der Waals surface area contributed by atoms with E-state index in [1.807, 2.05) is 0 Å². The van der Waals surface area contributed by atoms with E-state index in [4.69, 9.17) is 4.74 Å². The van der Waals surface area contributed by atoms with Gasteiger partial charge in [-0.1, -0.05) is 36.8 Å². The summed E-state index contributed by atoms with van der Waals surface area (Å²) in [5.41, 5.74) is 0. The van der Waals surface area contributed by atoms with Crippen LogP contribution in [0.15, 0.2) is 42.5 Å². The van der Waals surface area contributed by atoms with Gasteiger partial charge >= 0.3 is 0 Å². The highest BCUT2D eigenvalue weighted by molar-refractivity contribution is 5.83. The molecule has 1 fully saturated rings. The van der Waals surface area contributed by atoms with Gasteiger partial charge in [-0.3, -0.25) is 4.90 Å². The molecule has 0 amide bonds. The summed E-state index contributed by atoms with van der Waals surface area (Å²) < 4.78 is 5.88. The summed E-state index contributed by atoms with van der Waals surface area (Å²) in [5.74, 6) is 0.982. The Morgan fingerprint density at radius 3 is 2.53 bits per heavy atom. The van der Waals surface area contributed by atoms with Gasteiger partial charge in [0.05, 0.1) is 0 Å². The Balaban J connectivity index is 1.56.